The average Bonchev–Trinajstić information content (AvgIpc) is 2.73. The molecule has 19 heavy (non-hydrogen) atoms. The van der Waals surface area contributed by atoms with Crippen molar-refractivity contribution in [1.29, 1.82) is 0 Å². The van der Waals surface area contributed by atoms with E-state index >= 15 is 0 Å². The molecule has 2 heterocycles. The molecule has 0 unspecified atom stereocenters. The minimum atomic E-state index is -1.55. The molecule has 0 radical (unpaired) electrons. The number of fused-ring (bicyclic) bond motifs is 1. The van der Waals surface area contributed by atoms with E-state index in [0.717, 1.165) is 6.07 Å². The van der Waals surface area contributed by atoms with Crippen molar-refractivity contribution < 1.29 is 13.2 Å². The summed E-state index contributed by atoms with van der Waals surface area (Å²) in [7, 11) is 0. The highest BCUT2D eigenvalue weighted by Gasteiger charge is 2.24. The highest BCUT2D eigenvalue weighted by atomic mass is 19.2. The molecule has 1 saturated heterocycles. The Morgan fingerprint density at radius 3 is 2.53 bits per heavy atom. The Labute approximate surface area is 106 Å². The molecule has 0 bridgehead atoms. The first-order valence-electron chi connectivity index (χ1n) is 6.08. The zero-order valence-electron chi connectivity index (χ0n) is 9.97. The van der Waals surface area contributed by atoms with Crippen LogP contribution in [0.25, 0.3) is 11.0 Å². The molecule has 4 nitrogen and oxygen atoms in total. The molecule has 0 amide bonds. The fraction of sp³-hybridized carbons (Fsp3) is 0.417. The minimum absolute atomic E-state index is 0.0140. The maximum atomic E-state index is 13.9. The summed E-state index contributed by atoms with van der Waals surface area (Å²) < 4.78 is 41.5. The van der Waals surface area contributed by atoms with E-state index in [9.17, 15) is 18.0 Å². The van der Waals surface area contributed by atoms with Gasteiger partial charge in [-0.2, -0.15) is 0 Å². The van der Waals surface area contributed by atoms with Gasteiger partial charge in [-0.15, -0.1) is 0 Å². The molecule has 1 aliphatic rings. The number of H-pyrrole nitrogens is 1. The summed E-state index contributed by atoms with van der Waals surface area (Å²) in [5, 5.41) is 3.13. The molecule has 7 heteroatoms. The smallest absolute Gasteiger partial charge is 0.317 e. The number of imidazole rings is 1. The van der Waals surface area contributed by atoms with E-state index in [1.807, 2.05) is 0 Å². The zero-order chi connectivity index (χ0) is 13.6. The molecule has 2 N–H and O–H groups in total. The number of aromatic amines is 1. The lowest BCUT2D eigenvalue weighted by Crippen LogP contribution is -2.33. The van der Waals surface area contributed by atoms with Crippen LogP contribution in [0.3, 0.4) is 0 Å². The number of rotatable bonds is 1. The summed E-state index contributed by atoms with van der Waals surface area (Å²) >= 11 is 0. The Hall–Kier alpha value is -1.76. The van der Waals surface area contributed by atoms with E-state index in [0.29, 0.717) is 25.9 Å². The van der Waals surface area contributed by atoms with Gasteiger partial charge in [0.25, 0.3) is 0 Å². The second-order valence-corrected chi connectivity index (χ2v) is 4.66. The zero-order valence-corrected chi connectivity index (χ0v) is 9.97. The molecule has 0 spiro atoms. The first-order chi connectivity index (χ1) is 9.09. The Morgan fingerprint density at radius 2 is 1.84 bits per heavy atom. The minimum Gasteiger partial charge on any atom is -0.317 e. The Kier molecular flexibility index (Phi) is 2.85. The molecule has 0 aliphatic carbocycles. The number of nitrogens with one attached hydrogen (secondary N) is 2. The van der Waals surface area contributed by atoms with Gasteiger partial charge in [-0.1, -0.05) is 0 Å². The standard InChI is InChI=1S/C12H12F3N3O/c13-7-5-8-11(10(15)9(7)14)18(12(19)17-8)6-1-3-16-4-2-6/h5-6,16H,1-4H2,(H,17,19). The van der Waals surface area contributed by atoms with Gasteiger partial charge >= 0.3 is 5.69 Å². The van der Waals surface area contributed by atoms with Crippen LogP contribution in [-0.4, -0.2) is 22.6 Å². The Morgan fingerprint density at radius 1 is 1.16 bits per heavy atom. The van der Waals surface area contributed by atoms with Crippen LogP contribution in [0.4, 0.5) is 13.2 Å². The van der Waals surface area contributed by atoms with Gasteiger partial charge in [0.15, 0.2) is 17.5 Å². The number of piperidine rings is 1. The van der Waals surface area contributed by atoms with E-state index in [2.05, 4.69) is 10.3 Å². The van der Waals surface area contributed by atoms with Crippen LogP contribution >= 0.6 is 0 Å². The maximum Gasteiger partial charge on any atom is 0.326 e. The second-order valence-electron chi connectivity index (χ2n) is 4.66. The number of nitrogens with zero attached hydrogens (tertiary/aromatic N) is 1. The number of hydrogen-bond acceptors (Lipinski definition) is 2. The highest BCUT2D eigenvalue weighted by molar-refractivity contribution is 5.76. The molecule has 0 saturated carbocycles. The predicted molar refractivity (Wildman–Crippen MR) is 63.6 cm³/mol. The Bertz CT molecular complexity index is 686. The van der Waals surface area contributed by atoms with Crippen LogP contribution in [0.15, 0.2) is 10.9 Å². The summed E-state index contributed by atoms with van der Waals surface area (Å²) in [6.07, 6.45) is 1.29. The van der Waals surface area contributed by atoms with E-state index < -0.39 is 23.1 Å². The lowest BCUT2D eigenvalue weighted by molar-refractivity contribution is 0.364. The summed E-state index contributed by atoms with van der Waals surface area (Å²) in [4.78, 5) is 14.3. The first kappa shape index (κ1) is 12.3. The molecule has 1 aliphatic heterocycles. The van der Waals surface area contributed by atoms with Crippen LogP contribution < -0.4 is 11.0 Å². The van der Waals surface area contributed by atoms with E-state index in [1.165, 1.54) is 4.57 Å². The summed E-state index contributed by atoms with van der Waals surface area (Å²) in [6.45, 7) is 1.41. The van der Waals surface area contributed by atoms with Crippen LogP contribution in [0.2, 0.25) is 0 Å². The number of benzene rings is 1. The topological polar surface area (TPSA) is 49.8 Å². The van der Waals surface area contributed by atoms with Gasteiger partial charge in [0.2, 0.25) is 0 Å². The summed E-state index contributed by atoms with van der Waals surface area (Å²) in [6, 6.07) is 0.606. The van der Waals surface area contributed by atoms with Crippen molar-refractivity contribution in [3.8, 4) is 0 Å². The predicted octanol–water partition coefficient (Wildman–Crippen LogP) is 1.67. The number of halogens is 3. The molecule has 102 valence electrons. The van der Waals surface area contributed by atoms with Crippen molar-refractivity contribution in [2.24, 2.45) is 0 Å². The third-order valence-corrected chi connectivity index (χ3v) is 3.51. The number of aromatic nitrogens is 2. The quantitative estimate of drug-likeness (QED) is 0.775. The van der Waals surface area contributed by atoms with Crippen LogP contribution in [-0.2, 0) is 0 Å². The first-order valence-corrected chi connectivity index (χ1v) is 6.08. The van der Waals surface area contributed by atoms with Crippen LogP contribution in [0, 0.1) is 17.5 Å². The second kappa shape index (κ2) is 4.41. The van der Waals surface area contributed by atoms with Crippen molar-refractivity contribution in [2.75, 3.05) is 13.1 Å². The van der Waals surface area contributed by atoms with Gasteiger partial charge in [0.1, 0.15) is 5.52 Å². The Balaban J connectivity index is 2.26. The van der Waals surface area contributed by atoms with E-state index in [-0.39, 0.29) is 17.1 Å². The van der Waals surface area contributed by atoms with E-state index in [1.54, 1.807) is 0 Å². The van der Waals surface area contributed by atoms with Gasteiger partial charge < -0.3 is 10.3 Å². The molecule has 2 aromatic rings. The molecule has 1 fully saturated rings. The van der Waals surface area contributed by atoms with Gasteiger partial charge in [0.05, 0.1) is 5.52 Å². The molecular formula is C12H12F3N3O. The maximum absolute atomic E-state index is 13.9. The largest absolute Gasteiger partial charge is 0.326 e. The molecule has 1 aromatic heterocycles. The third kappa shape index (κ3) is 1.85. The van der Waals surface area contributed by atoms with Gasteiger partial charge in [-0.05, 0) is 25.9 Å². The average molecular weight is 271 g/mol. The molecular weight excluding hydrogens is 259 g/mol. The van der Waals surface area contributed by atoms with Crippen molar-refractivity contribution in [1.82, 2.24) is 14.9 Å². The van der Waals surface area contributed by atoms with Crippen molar-refractivity contribution >= 4 is 11.0 Å². The van der Waals surface area contributed by atoms with Gasteiger partial charge in [-0.3, -0.25) is 4.57 Å². The fourth-order valence-corrected chi connectivity index (χ4v) is 2.61. The summed E-state index contributed by atoms with van der Waals surface area (Å²) in [5.74, 6) is -4.16. The highest BCUT2D eigenvalue weighted by Crippen LogP contribution is 2.26. The SMILES string of the molecule is O=c1[nH]c2cc(F)c(F)c(F)c2n1C1CCNCC1. The van der Waals surface area contributed by atoms with Crippen molar-refractivity contribution in [3.05, 3.63) is 34.0 Å². The van der Waals surface area contributed by atoms with Crippen LogP contribution in [0.5, 0.6) is 0 Å². The lowest BCUT2D eigenvalue weighted by atomic mass is 10.1. The monoisotopic (exact) mass is 271 g/mol. The third-order valence-electron chi connectivity index (χ3n) is 3.51. The normalized spacial score (nSPS) is 17.2. The summed E-state index contributed by atoms with van der Waals surface area (Å²) in [5.41, 5.74) is -0.735. The van der Waals surface area contributed by atoms with E-state index in [4.69, 9.17) is 0 Å². The number of hydrogen-bond donors (Lipinski definition) is 2. The van der Waals surface area contributed by atoms with Crippen molar-refractivity contribution in [2.45, 2.75) is 18.9 Å². The molecule has 1 aromatic carbocycles. The van der Waals surface area contributed by atoms with Crippen molar-refractivity contribution in [3.63, 3.8) is 0 Å². The molecule has 3 rings (SSSR count). The van der Waals surface area contributed by atoms with Crippen LogP contribution in [0.1, 0.15) is 18.9 Å². The van der Waals surface area contributed by atoms with Gasteiger partial charge in [0, 0.05) is 12.1 Å². The fourth-order valence-electron chi connectivity index (χ4n) is 2.61. The molecule has 0 atom stereocenters. The van der Waals surface area contributed by atoms with Gasteiger partial charge in [-0.25, -0.2) is 18.0 Å². The lowest BCUT2D eigenvalue weighted by Gasteiger charge is -2.23.